The number of amides is 2. The Kier molecular flexibility index (Phi) is 6.57. The van der Waals surface area contributed by atoms with Crippen LogP contribution in [0.2, 0.25) is 0 Å². The van der Waals surface area contributed by atoms with Crippen molar-refractivity contribution in [2.45, 2.75) is 26.4 Å². The molecule has 25 heavy (non-hydrogen) atoms. The first-order valence-electron chi connectivity index (χ1n) is 8.25. The number of nitrogens with one attached hydrogen (secondary N) is 1. The molecule has 0 spiro atoms. The molecule has 2 rings (SSSR count). The third-order valence-corrected chi connectivity index (χ3v) is 3.99. The lowest BCUT2D eigenvalue weighted by Gasteiger charge is -2.28. The Morgan fingerprint density at radius 1 is 1.08 bits per heavy atom. The summed E-state index contributed by atoms with van der Waals surface area (Å²) in [5, 5.41) is 2.60. The van der Waals surface area contributed by atoms with Crippen LogP contribution in [0.4, 0.5) is 0 Å². The Labute approximate surface area is 148 Å². The van der Waals surface area contributed by atoms with Crippen LogP contribution in [0.25, 0.3) is 0 Å². The van der Waals surface area contributed by atoms with Gasteiger partial charge in [-0.25, -0.2) is 0 Å². The van der Waals surface area contributed by atoms with E-state index >= 15 is 0 Å². The van der Waals surface area contributed by atoms with Crippen molar-refractivity contribution >= 4 is 11.8 Å². The molecule has 0 saturated heterocycles. The van der Waals surface area contributed by atoms with Gasteiger partial charge < -0.3 is 15.0 Å². The molecular formula is C20H24N2O3. The maximum absolute atomic E-state index is 12.7. The Bertz CT molecular complexity index is 699. The SMILES string of the molecule is CNC(=O)[C@H](C)N(Cc1ccc(C)cc1)C(=O)COc1ccccc1. The lowest BCUT2D eigenvalue weighted by Crippen LogP contribution is -2.48. The molecule has 5 nitrogen and oxygen atoms in total. The van der Waals surface area contributed by atoms with Gasteiger partial charge in [0.1, 0.15) is 11.8 Å². The zero-order valence-corrected chi connectivity index (χ0v) is 14.9. The van der Waals surface area contributed by atoms with Crippen LogP contribution in [0.5, 0.6) is 5.75 Å². The first kappa shape index (κ1) is 18.5. The molecule has 1 atom stereocenters. The number of aryl methyl sites for hydroxylation is 1. The molecule has 132 valence electrons. The maximum atomic E-state index is 12.7. The summed E-state index contributed by atoms with van der Waals surface area (Å²) < 4.78 is 5.55. The third kappa shape index (κ3) is 5.35. The molecule has 0 saturated carbocycles. The van der Waals surface area contributed by atoms with Crippen LogP contribution >= 0.6 is 0 Å². The van der Waals surface area contributed by atoms with Crippen molar-refractivity contribution in [1.82, 2.24) is 10.2 Å². The number of ether oxygens (including phenoxy) is 1. The van der Waals surface area contributed by atoms with Crippen molar-refractivity contribution < 1.29 is 14.3 Å². The summed E-state index contributed by atoms with van der Waals surface area (Å²) in [7, 11) is 1.56. The molecule has 0 aliphatic heterocycles. The van der Waals surface area contributed by atoms with Crippen LogP contribution < -0.4 is 10.1 Å². The van der Waals surface area contributed by atoms with E-state index in [2.05, 4.69) is 5.32 Å². The lowest BCUT2D eigenvalue weighted by atomic mass is 10.1. The van der Waals surface area contributed by atoms with E-state index in [1.54, 1.807) is 26.1 Å². The van der Waals surface area contributed by atoms with Crippen molar-refractivity contribution in [3.8, 4) is 5.75 Å². The summed E-state index contributed by atoms with van der Waals surface area (Å²) in [6.07, 6.45) is 0. The summed E-state index contributed by atoms with van der Waals surface area (Å²) >= 11 is 0. The Morgan fingerprint density at radius 2 is 1.72 bits per heavy atom. The van der Waals surface area contributed by atoms with Gasteiger partial charge in [0.15, 0.2) is 6.61 Å². The van der Waals surface area contributed by atoms with E-state index in [0.717, 1.165) is 11.1 Å². The van der Waals surface area contributed by atoms with Gasteiger partial charge in [-0.2, -0.15) is 0 Å². The normalized spacial score (nSPS) is 11.5. The second-order valence-corrected chi connectivity index (χ2v) is 5.90. The molecule has 0 heterocycles. The first-order chi connectivity index (χ1) is 12.0. The Balaban J connectivity index is 2.10. The summed E-state index contributed by atoms with van der Waals surface area (Å²) in [5.74, 6) is 0.180. The molecule has 1 N–H and O–H groups in total. The smallest absolute Gasteiger partial charge is 0.261 e. The third-order valence-electron chi connectivity index (χ3n) is 3.99. The molecule has 0 aliphatic rings. The minimum atomic E-state index is -0.585. The Morgan fingerprint density at radius 3 is 2.32 bits per heavy atom. The second kappa shape index (κ2) is 8.87. The van der Waals surface area contributed by atoms with Crippen LogP contribution in [0.1, 0.15) is 18.1 Å². The van der Waals surface area contributed by atoms with Crippen molar-refractivity contribution in [2.24, 2.45) is 0 Å². The summed E-state index contributed by atoms with van der Waals surface area (Å²) in [6, 6.07) is 16.5. The minimum absolute atomic E-state index is 0.114. The van der Waals surface area contributed by atoms with E-state index in [-0.39, 0.29) is 18.4 Å². The van der Waals surface area contributed by atoms with E-state index in [4.69, 9.17) is 4.74 Å². The fourth-order valence-electron chi connectivity index (χ4n) is 2.43. The van der Waals surface area contributed by atoms with Crippen LogP contribution in [0.15, 0.2) is 54.6 Å². The molecule has 0 aliphatic carbocycles. The predicted molar refractivity (Wildman–Crippen MR) is 97.2 cm³/mol. The van der Waals surface area contributed by atoms with Crippen molar-refractivity contribution in [3.63, 3.8) is 0 Å². The zero-order valence-electron chi connectivity index (χ0n) is 14.9. The first-order valence-corrected chi connectivity index (χ1v) is 8.25. The van der Waals surface area contributed by atoms with Gasteiger partial charge in [-0.15, -0.1) is 0 Å². The lowest BCUT2D eigenvalue weighted by molar-refractivity contribution is -0.142. The van der Waals surface area contributed by atoms with E-state index in [1.165, 1.54) is 4.90 Å². The number of para-hydroxylation sites is 1. The predicted octanol–water partition coefficient (Wildman–Crippen LogP) is 2.54. The van der Waals surface area contributed by atoms with E-state index in [0.29, 0.717) is 12.3 Å². The number of likely N-dealkylation sites (N-methyl/N-ethyl adjacent to an activating group) is 1. The van der Waals surface area contributed by atoms with Crippen molar-refractivity contribution in [2.75, 3.05) is 13.7 Å². The minimum Gasteiger partial charge on any atom is -0.484 e. The number of carbonyl (C=O) groups is 2. The van der Waals surface area contributed by atoms with Crippen LogP contribution in [-0.2, 0) is 16.1 Å². The Hall–Kier alpha value is -2.82. The molecule has 2 amide bonds. The summed E-state index contributed by atoms with van der Waals surface area (Å²) in [5.41, 5.74) is 2.11. The molecular weight excluding hydrogens is 316 g/mol. The standard InChI is InChI=1S/C20H24N2O3/c1-15-9-11-17(12-10-15)13-22(16(2)20(24)21-3)19(23)14-25-18-7-5-4-6-8-18/h4-12,16H,13-14H2,1-3H3,(H,21,24)/t16-/m0/s1. The number of carbonyl (C=O) groups excluding carboxylic acids is 2. The monoisotopic (exact) mass is 340 g/mol. The quantitative estimate of drug-likeness (QED) is 0.843. The number of rotatable bonds is 7. The van der Waals surface area contributed by atoms with Gasteiger partial charge in [-0.3, -0.25) is 9.59 Å². The van der Waals surface area contributed by atoms with Crippen molar-refractivity contribution in [1.29, 1.82) is 0 Å². The van der Waals surface area contributed by atoms with Crippen LogP contribution in [-0.4, -0.2) is 36.4 Å². The maximum Gasteiger partial charge on any atom is 0.261 e. The average molecular weight is 340 g/mol. The van der Waals surface area contributed by atoms with E-state index < -0.39 is 6.04 Å². The second-order valence-electron chi connectivity index (χ2n) is 5.90. The molecule has 0 fully saturated rings. The van der Waals surface area contributed by atoms with E-state index in [1.807, 2.05) is 49.4 Å². The van der Waals surface area contributed by atoms with E-state index in [9.17, 15) is 9.59 Å². The van der Waals surface area contributed by atoms with Crippen LogP contribution in [0.3, 0.4) is 0 Å². The summed E-state index contributed by atoms with van der Waals surface area (Å²) in [6.45, 7) is 3.96. The van der Waals surface area contributed by atoms with Crippen LogP contribution in [0, 0.1) is 6.92 Å². The highest BCUT2D eigenvalue weighted by Gasteiger charge is 2.25. The fourth-order valence-corrected chi connectivity index (χ4v) is 2.43. The molecule has 2 aromatic rings. The van der Waals surface area contributed by atoms with Gasteiger partial charge in [-0.05, 0) is 31.5 Å². The zero-order chi connectivity index (χ0) is 18.2. The highest BCUT2D eigenvalue weighted by atomic mass is 16.5. The average Bonchev–Trinajstić information content (AvgIpc) is 2.65. The van der Waals surface area contributed by atoms with Gasteiger partial charge in [0.25, 0.3) is 5.91 Å². The topological polar surface area (TPSA) is 58.6 Å². The highest BCUT2D eigenvalue weighted by molar-refractivity contribution is 5.87. The molecule has 5 heteroatoms. The van der Waals surface area contributed by atoms with Gasteiger partial charge in [0.2, 0.25) is 5.91 Å². The molecule has 0 aromatic heterocycles. The highest BCUT2D eigenvalue weighted by Crippen LogP contribution is 2.13. The van der Waals surface area contributed by atoms with Crippen molar-refractivity contribution in [3.05, 3.63) is 65.7 Å². The number of nitrogens with zero attached hydrogens (tertiary/aromatic N) is 1. The fraction of sp³-hybridized carbons (Fsp3) is 0.300. The largest absolute Gasteiger partial charge is 0.484 e. The molecule has 0 radical (unpaired) electrons. The van der Waals surface area contributed by atoms with Gasteiger partial charge in [-0.1, -0.05) is 48.0 Å². The van der Waals surface area contributed by atoms with Gasteiger partial charge in [0.05, 0.1) is 0 Å². The summed E-state index contributed by atoms with van der Waals surface area (Å²) in [4.78, 5) is 26.2. The van der Waals surface area contributed by atoms with Gasteiger partial charge >= 0.3 is 0 Å². The number of hydrogen-bond acceptors (Lipinski definition) is 3. The molecule has 0 unspecified atom stereocenters. The molecule has 2 aromatic carbocycles. The number of hydrogen-bond donors (Lipinski definition) is 1. The van der Waals surface area contributed by atoms with Gasteiger partial charge in [0, 0.05) is 13.6 Å². The number of benzene rings is 2. The molecule has 0 bridgehead atoms.